The molecule has 1 saturated heterocycles. The monoisotopic (exact) mass is 414 g/mol. The Labute approximate surface area is 172 Å². The molecule has 0 atom stereocenters. The number of phenolic OH excluding ortho intramolecular Hbond substituents is 1. The first-order chi connectivity index (χ1) is 13.4. The molecule has 0 bridgehead atoms. The van der Waals surface area contributed by atoms with Crippen LogP contribution >= 0.6 is 24.0 Å². The van der Waals surface area contributed by atoms with E-state index in [4.69, 9.17) is 17.0 Å². The van der Waals surface area contributed by atoms with Crippen molar-refractivity contribution in [2.24, 2.45) is 0 Å². The van der Waals surface area contributed by atoms with Gasteiger partial charge in [-0.25, -0.2) is 0 Å². The average molecular weight is 415 g/mol. The summed E-state index contributed by atoms with van der Waals surface area (Å²) in [6.07, 6.45) is 1.64. The fraction of sp³-hybridized carbons (Fsp3) is 0.150. The molecule has 28 heavy (non-hydrogen) atoms. The molecule has 8 heteroatoms. The predicted molar refractivity (Wildman–Crippen MR) is 113 cm³/mol. The van der Waals surface area contributed by atoms with E-state index in [1.807, 2.05) is 26.0 Å². The molecule has 2 amide bonds. The Kier molecular flexibility index (Phi) is 6.01. The largest absolute Gasteiger partial charge is 0.504 e. The Bertz CT molecular complexity index is 971. The van der Waals surface area contributed by atoms with Crippen molar-refractivity contribution in [2.75, 3.05) is 6.61 Å². The summed E-state index contributed by atoms with van der Waals surface area (Å²) in [7, 11) is 0. The number of nitrogens with zero attached hydrogens (tertiary/aromatic N) is 1. The minimum absolute atomic E-state index is 0.0249. The van der Waals surface area contributed by atoms with E-state index in [-0.39, 0.29) is 10.1 Å². The SMILES string of the molecule is CCOc1cc(C=C2SC(=S)N(NC(=O)c3ccc(C)cc3)C2=O)ccc1O. The van der Waals surface area contributed by atoms with Crippen LogP contribution in [0.4, 0.5) is 0 Å². The Balaban J connectivity index is 1.77. The minimum Gasteiger partial charge on any atom is -0.504 e. The summed E-state index contributed by atoms with van der Waals surface area (Å²) in [5.74, 6) is -0.473. The molecular weight excluding hydrogens is 396 g/mol. The molecule has 6 nitrogen and oxygen atoms in total. The van der Waals surface area contributed by atoms with Gasteiger partial charge in [-0.2, -0.15) is 5.01 Å². The van der Waals surface area contributed by atoms with Gasteiger partial charge in [0.2, 0.25) is 0 Å². The summed E-state index contributed by atoms with van der Waals surface area (Å²) in [4.78, 5) is 25.4. The fourth-order valence-corrected chi connectivity index (χ4v) is 3.66. The molecule has 1 aliphatic rings. The number of thiocarbonyl (C=S) groups is 1. The van der Waals surface area contributed by atoms with Gasteiger partial charge in [0.1, 0.15) is 0 Å². The van der Waals surface area contributed by atoms with Crippen LogP contribution in [0.2, 0.25) is 0 Å². The van der Waals surface area contributed by atoms with Crippen molar-refractivity contribution in [1.82, 2.24) is 10.4 Å². The average Bonchev–Trinajstić information content (AvgIpc) is 2.92. The number of carbonyl (C=O) groups is 2. The number of hydrogen-bond acceptors (Lipinski definition) is 6. The van der Waals surface area contributed by atoms with Crippen LogP contribution in [-0.2, 0) is 4.79 Å². The number of thioether (sulfide) groups is 1. The molecule has 0 unspecified atom stereocenters. The van der Waals surface area contributed by atoms with E-state index in [0.29, 0.717) is 28.4 Å². The van der Waals surface area contributed by atoms with E-state index in [1.165, 1.54) is 6.07 Å². The zero-order valence-corrected chi connectivity index (χ0v) is 16.9. The first-order valence-corrected chi connectivity index (χ1v) is 9.73. The number of nitrogens with one attached hydrogen (secondary N) is 1. The van der Waals surface area contributed by atoms with Gasteiger partial charge in [-0.05, 0) is 62.0 Å². The predicted octanol–water partition coefficient (Wildman–Crippen LogP) is 3.65. The number of carbonyl (C=O) groups excluding carboxylic acids is 2. The first-order valence-electron chi connectivity index (χ1n) is 8.50. The molecule has 1 aliphatic heterocycles. The zero-order chi connectivity index (χ0) is 20.3. The third-order valence-corrected chi connectivity index (χ3v) is 5.20. The number of ether oxygens (including phenoxy) is 1. The maximum atomic E-state index is 12.7. The number of hydrogen-bond donors (Lipinski definition) is 2. The Hall–Kier alpha value is -2.84. The van der Waals surface area contributed by atoms with Crippen LogP contribution in [0.25, 0.3) is 6.08 Å². The van der Waals surface area contributed by atoms with Gasteiger partial charge in [-0.15, -0.1) is 0 Å². The minimum atomic E-state index is -0.416. The van der Waals surface area contributed by atoms with Gasteiger partial charge in [-0.1, -0.05) is 35.5 Å². The maximum Gasteiger partial charge on any atom is 0.285 e. The number of hydrazine groups is 1. The number of benzene rings is 2. The highest BCUT2D eigenvalue weighted by molar-refractivity contribution is 8.26. The molecular formula is C20H18N2O4S2. The lowest BCUT2D eigenvalue weighted by atomic mass is 10.1. The summed E-state index contributed by atoms with van der Waals surface area (Å²) < 4.78 is 5.59. The summed E-state index contributed by atoms with van der Waals surface area (Å²) in [5, 5.41) is 10.9. The summed E-state index contributed by atoms with van der Waals surface area (Å²) in [6, 6.07) is 11.8. The van der Waals surface area contributed by atoms with Crippen LogP contribution in [0.3, 0.4) is 0 Å². The van der Waals surface area contributed by atoms with E-state index in [9.17, 15) is 14.7 Å². The van der Waals surface area contributed by atoms with Crippen molar-refractivity contribution in [3.63, 3.8) is 0 Å². The standard InChI is InChI=1S/C20H18N2O4S2/c1-3-26-16-10-13(6-9-15(16)23)11-17-19(25)22(20(27)28-17)21-18(24)14-7-4-12(2)5-8-14/h4-11,23H,3H2,1-2H3,(H,21,24). The smallest absolute Gasteiger partial charge is 0.285 e. The van der Waals surface area contributed by atoms with Crippen molar-refractivity contribution in [2.45, 2.75) is 13.8 Å². The van der Waals surface area contributed by atoms with Crippen molar-refractivity contribution in [3.05, 3.63) is 64.1 Å². The molecule has 2 N–H and O–H groups in total. The number of aryl methyl sites for hydroxylation is 1. The second-order valence-corrected chi connectivity index (χ2v) is 7.66. The van der Waals surface area contributed by atoms with E-state index in [0.717, 1.165) is 22.3 Å². The van der Waals surface area contributed by atoms with Gasteiger partial charge < -0.3 is 9.84 Å². The number of aromatic hydroxyl groups is 1. The van der Waals surface area contributed by atoms with E-state index in [2.05, 4.69) is 5.43 Å². The van der Waals surface area contributed by atoms with Gasteiger partial charge in [-0.3, -0.25) is 15.0 Å². The van der Waals surface area contributed by atoms with E-state index in [1.54, 1.807) is 30.3 Å². The molecule has 1 heterocycles. The molecule has 0 aliphatic carbocycles. The van der Waals surface area contributed by atoms with Gasteiger partial charge in [0.25, 0.3) is 11.8 Å². The Morgan fingerprint density at radius 1 is 1.29 bits per heavy atom. The van der Waals surface area contributed by atoms with Crippen molar-refractivity contribution < 1.29 is 19.4 Å². The molecule has 2 aromatic carbocycles. The highest BCUT2D eigenvalue weighted by atomic mass is 32.2. The van der Waals surface area contributed by atoms with Crippen LogP contribution < -0.4 is 10.2 Å². The van der Waals surface area contributed by atoms with Crippen molar-refractivity contribution >= 4 is 46.2 Å². The van der Waals surface area contributed by atoms with Crippen LogP contribution in [0.15, 0.2) is 47.4 Å². The molecule has 0 radical (unpaired) electrons. The first kappa shape index (κ1) is 19.9. The van der Waals surface area contributed by atoms with E-state index < -0.39 is 11.8 Å². The second-order valence-electron chi connectivity index (χ2n) is 5.98. The van der Waals surface area contributed by atoms with Crippen molar-refractivity contribution in [1.29, 1.82) is 0 Å². The molecule has 1 fully saturated rings. The highest BCUT2D eigenvalue weighted by Gasteiger charge is 2.33. The summed E-state index contributed by atoms with van der Waals surface area (Å²) in [5.41, 5.74) is 4.69. The number of amides is 2. The lowest BCUT2D eigenvalue weighted by Gasteiger charge is -2.15. The van der Waals surface area contributed by atoms with Crippen LogP contribution in [0, 0.1) is 6.92 Å². The molecule has 0 spiro atoms. The number of phenols is 1. The third kappa shape index (κ3) is 4.35. The quantitative estimate of drug-likeness (QED) is 0.574. The second kappa shape index (κ2) is 8.45. The Morgan fingerprint density at radius 3 is 2.68 bits per heavy atom. The summed E-state index contributed by atoms with van der Waals surface area (Å²) in [6.45, 7) is 4.15. The lowest BCUT2D eigenvalue weighted by Crippen LogP contribution is -2.44. The van der Waals surface area contributed by atoms with Crippen LogP contribution in [-0.4, -0.2) is 32.9 Å². The topological polar surface area (TPSA) is 78.9 Å². The number of rotatable bonds is 5. The maximum absolute atomic E-state index is 12.7. The van der Waals surface area contributed by atoms with Gasteiger partial charge >= 0.3 is 0 Å². The summed E-state index contributed by atoms with van der Waals surface area (Å²) >= 11 is 6.33. The van der Waals surface area contributed by atoms with Crippen molar-refractivity contribution in [3.8, 4) is 11.5 Å². The molecule has 3 rings (SSSR count). The zero-order valence-electron chi connectivity index (χ0n) is 15.3. The Morgan fingerprint density at radius 2 is 2.00 bits per heavy atom. The highest BCUT2D eigenvalue weighted by Crippen LogP contribution is 2.33. The molecule has 144 valence electrons. The fourth-order valence-electron chi connectivity index (χ4n) is 2.48. The third-order valence-electron chi connectivity index (χ3n) is 3.90. The van der Waals surface area contributed by atoms with Gasteiger partial charge in [0.05, 0.1) is 11.5 Å². The van der Waals surface area contributed by atoms with Gasteiger partial charge in [0.15, 0.2) is 15.8 Å². The molecule has 2 aromatic rings. The van der Waals surface area contributed by atoms with Crippen LogP contribution in [0.5, 0.6) is 11.5 Å². The lowest BCUT2D eigenvalue weighted by molar-refractivity contribution is -0.123. The van der Waals surface area contributed by atoms with Gasteiger partial charge in [0, 0.05) is 5.56 Å². The molecule has 0 aromatic heterocycles. The molecule has 0 saturated carbocycles. The van der Waals surface area contributed by atoms with E-state index >= 15 is 0 Å². The van der Waals surface area contributed by atoms with Crippen LogP contribution in [0.1, 0.15) is 28.4 Å². The normalized spacial score (nSPS) is 15.2.